The zero-order valence-electron chi connectivity index (χ0n) is 11.7. The Morgan fingerprint density at radius 1 is 1.58 bits per heavy atom. The molecule has 5 heteroatoms. The lowest BCUT2D eigenvalue weighted by Crippen LogP contribution is -2.46. The first-order valence-corrected chi connectivity index (χ1v) is 6.84. The van der Waals surface area contributed by atoms with E-state index in [9.17, 15) is 0 Å². The lowest BCUT2D eigenvalue weighted by molar-refractivity contribution is -0.0437. The van der Waals surface area contributed by atoms with Crippen molar-refractivity contribution >= 4 is 0 Å². The van der Waals surface area contributed by atoms with E-state index in [-0.39, 0.29) is 6.04 Å². The minimum absolute atomic E-state index is 0.205. The van der Waals surface area contributed by atoms with Gasteiger partial charge >= 0.3 is 0 Å². The van der Waals surface area contributed by atoms with E-state index in [1.54, 1.807) is 7.11 Å². The van der Waals surface area contributed by atoms with Crippen LogP contribution in [0.3, 0.4) is 0 Å². The monoisotopic (exact) mass is 265 g/mol. The van der Waals surface area contributed by atoms with E-state index in [0.717, 1.165) is 31.7 Å². The summed E-state index contributed by atoms with van der Waals surface area (Å²) < 4.78 is 10.8. The molecule has 1 aromatic rings. The van der Waals surface area contributed by atoms with Crippen LogP contribution in [0.5, 0.6) is 5.88 Å². The van der Waals surface area contributed by atoms with Crippen LogP contribution in [0.25, 0.3) is 0 Å². The highest BCUT2D eigenvalue weighted by molar-refractivity contribution is 5.21. The minimum Gasteiger partial charge on any atom is -0.481 e. The zero-order valence-corrected chi connectivity index (χ0v) is 11.7. The van der Waals surface area contributed by atoms with Gasteiger partial charge in [-0.3, -0.25) is 4.90 Å². The highest BCUT2D eigenvalue weighted by Crippen LogP contribution is 2.23. The Bertz CT molecular complexity index is 383. The fourth-order valence-corrected chi connectivity index (χ4v) is 2.48. The minimum atomic E-state index is 0.205. The van der Waals surface area contributed by atoms with Crippen LogP contribution in [0, 0.1) is 0 Å². The van der Waals surface area contributed by atoms with Crippen LogP contribution in [0.4, 0.5) is 0 Å². The molecule has 1 aromatic heterocycles. The van der Waals surface area contributed by atoms with Gasteiger partial charge in [0.25, 0.3) is 0 Å². The van der Waals surface area contributed by atoms with Gasteiger partial charge < -0.3 is 15.2 Å². The van der Waals surface area contributed by atoms with Gasteiger partial charge in [0.05, 0.1) is 19.8 Å². The van der Waals surface area contributed by atoms with Crippen molar-refractivity contribution in [2.45, 2.75) is 25.5 Å². The molecule has 0 aromatic carbocycles. The highest BCUT2D eigenvalue weighted by Gasteiger charge is 2.26. The maximum Gasteiger partial charge on any atom is 0.212 e. The number of nitrogens with zero attached hydrogens (tertiary/aromatic N) is 2. The summed E-state index contributed by atoms with van der Waals surface area (Å²) in [7, 11) is 1.62. The topological polar surface area (TPSA) is 60.6 Å². The van der Waals surface area contributed by atoms with E-state index in [1.807, 2.05) is 18.3 Å². The molecule has 106 valence electrons. The predicted molar refractivity (Wildman–Crippen MR) is 74.2 cm³/mol. The number of pyridine rings is 1. The summed E-state index contributed by atoms with van der Waals surface area (Å²) in [4.78, 5) is 6.65. The van der Waals surface area contributed by atoms with Gasteiger partial charge in [0, 0.05) is 37.9 Å². The molecule has 0 amide bonds. The number of morpholine rings is 1. The summed E-state index contributed by atoms with van der Waals surface area (Å²) in [6.07, 6.45) is 3.20. The average Bonchev–Trinajstić information content (AvgIpc) is 2.49. The molecule has 0 aliphatic carbocycles. The van der Waals surface area contributed by atoms with Crippen LogP contribution in [0.2, 0.25) is 0 Å². The Balaban J connectivity index is 2.09. The molecule has 19 heavy (non-hydrogen) atoms. The molecule has 1 fully saturated rings. The Hall–Kier alpha value is -1.17. The van der Waals surface area contributed by atoms with E-state index in [2.05, 4.69) is 16.8 Å². The van der Waals surface area contributed by atoms with Crippen molar-refractivity contribution in [2.24, 2.45) is 5.73 Å². The highest BCUT2D eigenvalue weighted by atomic mass is 16.5. The predicted octanol–water partition coefficient (Wildman–Crippen LogP) is 1.20. The average molecular weight is 265 g/mol. The van der Waals surface area contributed by atoms with E-state index in [0.29, 0.717) is 18.5 Å². The lowest BCUT2D eigenvalue weighted by Gasteiger charge is -2.37. The molecular weight excluding hydrogens is 242 g/mol. The van der Waals surface area contributed by atoms with E-state index in [4.69, 9.17) is 15.2 Å². The van der Waals surface area contributed by atoms with Crippen LogP contribution < -0.4 is 10.5 Å². The normalized spacial score (nSPS) is 22.2. The Kier molecular flexibility index (Phi) is 5.13. The first-order valence-electron chi connectivity index (χ1n) is 6.84. The third-order valence-electron chi connectivity index (χ3n) is 3.64. The molecular formula is C14H23N3O2. The lowest BCUT2D eigenvalue weighted by atomic mass is 10.1. The second kappa shape index (κ2) is 6.84. The third kappa shape index (κ3) is 3.43. The SMILES string of the molecule is CCC1CN(C(CN)c2ccc(OC)nc2)CCO1. The summed E-state index contributed by atoms with van der Waals surface area (Å²) in [5.41, 5.74) is 7.09. The van der Waals surface area contributed by atoms with Crippen LogP contribution in [0.1, 0.15) is 24.9 Å². The largest absolute Gasteiger partial charge is 0.481 e. The number of hydrogen-bond donors (Lipinski definition) is 1. The van der Waals surface area contributed by atoms with Gasteiger partial charge in [0.1, 0.15) is 0 Å². The van der Waals surface area contributed by atoms with Gasteiger partial charge in [-0.25, -0.2) is 4.98 Å². The van der Waals surface area contributed by atoms with Crippen molar-refractivity contribution in [1.82, 2.24) is 9.88 Å². The van der Waals surface area contributed by atoms with Gasteiger partial charge in [-0.1, -0.05) is 13.0 Å². The molecule has 0 bridgehead atoms. The Morgan fingerprint density at radius 3 is 3.00 bits per heavy atom. The molecule has 2 rings (SSSR count). The zero-order chi connectivity index (χ0) is 13.7. The molecule has 0 spiro atoms. The molecule has 1 aliphatic heterocycles. The fourth-order valence-electron chi connectivity index (χ4n) is 2.48. The molecule has 2 atom stereocenters. The molecule has 2 heterocycles. The van der Waals surface area contributed by atoms with Crippen molar-refractivity contribution in [1.29, 1.82) is 0 Å². The first-order chi connectivity index (χ1) is 9.28. The summed E-state index contributed by atoms with van der Waals surface area (Å²) in [5, 5.41) is 0. The van der Waals surface area contributed by atoms with Gasteiger partial charge in [0.15, 0.2) is 0 Å². The van der Waals surface area contributed by atoms with Gasteiger partial charge in [0.2, 0.25) is 5.88 Å². The Morgan fingerprint density at radius 2 is 2.42 bits per heavy atom. The van der Waals surface area contributed by atoms with Crippen LogP contribution in [-0.2, 0) is 4.74 Å². The standard InChI is InChI=1S/C14H23N3O2/c1-3-12-10-17(6-7-19-12)13(8-15)11-4-5-14(18-2)16-9-11/h4-5,9,12-13H,3,6-8,10,15H2,1-2H3. The Labute approximate surface area is 114 Å². The maximum atomic E-state index is 5.95. The number of ether oxygens (including phenoxy) is 2. The summed E-state index contributed by atoms with van der Waals surface area (Å²) >= 11 is 0. The van der Waals surface area contributed by atoms with Crippen LogP contribution in [-0.4, -0.2) is 49.3 Å². The van der Waals surface area contributed by atoms with Gasteiger partial charge in [-0.15, -0.1) is 0 Å². The van der Waals surface area contributed by atoms with Gasteiger partial charge in [-0.2, -0.15) is 0 Å². The first kappa shape index (κ1) is 14.2. The molecule has 2 N–H and O–H groups in total. The summed E-state index contributed by atoms with van der Waals surface area (Å²) in [6, 6.07) is 4.13. The second-order valence-electron chi connectivity index (χ2n) is 4.78. The molecule has 0 saturated carbocycles. The third-order valence-corrected chi connectivity index (χ3v) is 3.64. The van der Waals surface area contributed by atoms with E-state index in [1.165, 1.54) is 0 Å². The second-order valence-corrected chi connectivity index (χ2v) is 4.78. The summed E-state index contributed by atoms with van der Waals surface area (Å²) in [5.74, 6) is 0.632. The number of methoxy groups -OCH3 is 1. The maximum absolute atomic E-state index is 5.95. The number of rotatable bonds is 5. The number of hydrogen-bond acceptors (Lipinski definition) is 5. The smallest absolute Gasteiger partial charge is 0.212 e. The summed E-state index contributed by atoms with van der Waals surface area (Å²) in [6.45, 7) is 5.37. The van der Waals surface area contributed by atoms with Crippen LogP contribution in [0.15, 0.2) is 18.3 Å². The van der Waals surface area contributed by atoms with E-state index >= 15 is 0 Å². The van der Waals surface area contributed by atoms with E-state index < -0.39 is 0 Å². The van der Waals surface area contributed by atoms with Gasteiger partial charge in [-0.05, 0) is 12.0 Å². The molecule has 1 aliphatic rings. The van der Waals surface area contributed by atoms with Crippen molar-refractivity contribution in [3.63, 3.8) is 0 Å². The molecule has 5 nitrogen and oxygen atoms in total. The fraction of sp³-hybridized carbons (Fsp3) is 0.643. The van der Waals surface area contributed by atoms with Crippen molar-refractivity contribution in [3.05, 3.63) is 23.9 Å². The molecule has 1 saturated heterocycles. The van der Waals surface area contributed by atoms with Crippen molar-refractivity contribution < 1.29 is 9.47 Å². The van der Waals surface area contributed by atoms with Crippen molar-refractivity contribution in [2.75, 3.05) is 33.4 Å². The van der Waals surface area contributed by atoms with Crippen LogP contribution >= 0.6 is 0 Å². The quantitative estimate of drug-likeness (QED) is 0.867. The molecule has 0 radical (unpaired) electrons. The van der Waals surface area contributed by atoms with Crippen molar-refractivity contribution in [3.8, 4) is 5.88 Å². The molecule has 2 unspecified atom stereocenters. The number of nitrogens with two attached hydrogens (primary N) is 1. The number of aromatic nitrogens is 1.